The molecular weight excluding hydrogens is 284 g/mol. The predicted octanol–water partition coefficient (Wildman–Crippen LogP) is 1.24. The van der Waals surface area contributed by atoms with Crippen LogP contribution in [0.5, 0.6) is 0 Å². The molecule has 3 N–H and O–H groups in total. The lowest BCUT2D eigenvalue weighted by Gasteiger charge is -2.16. The predicted molar refractivity (Wildman–Crippen MR) is 78.3 cm³/mol. The number of carbonyl (C=O) groups is 2. The van der Waals surface area contributed by atoms with Gasteiger partial charge in [0, 0.05) is 13.6 Å². The van der Waals surface area contributed by atoms with Gasteiger partial charge in [-0.05, 0) is 34.6 Å². The van der Waals surface area contributed by atoms with Crippen LogP contribution >= 0.6 is 23.1 Å². The van der Waals surface area contributed by atoms with Gasteiger partial charge in [0.15, 0.2) is 0 Å². The van der Waals surface area contributed by atoms with Crippen molar-refractivity contribution in [2.75, 3.05) is 18.6 Å². The molecule has 0 saturated carbocycles. The average molecular weight is 302 g/mol. The zero-order valence-electron chi connectivity index (χ0n) is 10.7. The number of amides is 1. The Labute approximate surface area is 120 Å². The van der Waals surface area contributed by atoms with Crippen LogP contribution in [0.2, 0.25) is 0 Å². The number of hydrogen-bond acceptors (Lipinski definition) is 5. The fourth-order valence-electron chi connectivity index (χ4n) is 1.35. The second kappa shape index (κ2) is 8.19. The Kier molecular flexibility index (Phi) is 6.90. The van der Waals surface area contributed by atoms with Gasteiger partial charge in [0.2, 0.25) is 5.91 Å². The SMILES string of the molecule is CN(Cc1ccsc1)C(=O)CSCCC(N)C(=O)O. The summed E-state index contributed by atoms with van der Waals surface area (Å²) in [6.07, 6.45) is 0.377. The summed E-state index contributed by atoms with van der Waals surface area (Å²) in [5.41, 5.74) is 6.50. The molecule has 0 saturated heterocycles. The smallest absolute Gasteiger partial charge is 0.320 e. The summed E-state index contributed by atoms with van der Waals surface area (Å²) < 4.78 is 0. The van der Waals surface area contributed by atoms with Crippen molar-refractivity contribution in [2.45, 2.75) is 19.0 Å². The van der Waals surface area contributed by atoms with Gasteiger partial charge in [-0.3, -0.25) is 9.59 Å². The highest BCUT2D eigenvalue weighted by Gasteiger charge is 2.13. The first kappa shape index (κ1) is 16.0. The van der Waals surface area contributed by atoms with E-state index in [-0.39, 0.29) is 5.91 Å². The van der Waals surface area contributed by atoms with Crippen LogP contribution < -0.4 is 5.73 Å². The molecule has 5 nitrogen and oxygen atoms in total. The van der Waals surface area contributed by atoms with Crippen molar-refractivity contribution in [3.8, 4) is 0 Å². The molecule has 1 heterocycles. The van der Waals surface area contributed by atoms with Crippen LogP contribution in [-0.4, -0.2) is 46.5 Å². The molecule has 1 amide bonds. The summed E-state index contributed by atoms with van der Waals surface area (Å²) in [4.78, 5) is 24.0. The van der Waals surface area contributed by atoms with Crippen molar-refractivity contribution in [1.82, 2.24) is 4.90 Å². The molecule has 0 aromatic carbocycles. The number of thioether (sulfide) groups is 1. The standard InChI is InChI=1S/C12H18N2O3S2/c1-14(6-9-2-4-18-7-9)11(15)8-19-5-3-10(13)12(16)17/h2,4,7,10H,3,5-6,8,13H2,1H3,(H,16,17). The maximum atomic E-state index is 11.8. The highest BCUT2D eigenvalue weighted by Crippen LogP contribution is 2.10. The van der Waals surface area contributed by atoms with E-state index in [4.69, 9.17) is 10.8 Å². The third-order valence-electron chi connectivity index (χ3n) is 2.54. The van der Waals surface area contributed by atoms with Gasteiger partial charge in [-0.1, -0.05) is 0 Å². The number of nitrogens with zero attached hydrogens (tertiary/aromatic N) is 1. The Morgan fingerprint density at radius 3 is 2.89 bits per heavy atom. The molecule has 0 aliphatic heterocycles. The second-order valence-corrected chi connectivity index (χ2v) is 6.05. The number of aliphatic carboxylic acids is 1. The van der Waals surface area contributed by atoms with Crippen LogP contribution in [0.15, 0.2) is 16.8 Å². The number of carbonyl (C=O) groups excluding carboxylic acids is 1. The number of thiophene rings is 1. The van der Waals surface area contributed by atoms with E-state index in [0.29, 0.717) is 24.5 Å². The van der Waals surface area contributed by atoms with Crippen molar-refractivity contribution in [3.63, 3.8) is 0 Å². The Hall–Kier alpha value is -1.05. The maximum absolute atomic E-state index is 11.8. The monoisotopic (exact) mass is 302 g/mol. The molecule has 1 aromatic rings. The van der Waals surface area contributed by atoms with Crippen LogP contribution in [-0.2, 0) is 16.1 Å². The van der Waals surface area contributed by atoms with E-state index in [0.717, 1.165) is 5.56 Å². The number of carboxylic acids is 1. The first-order valence-corrected chi connectivity index (χ1v) is 7.91. The molecule has 1 rings (SSSR count). The minimum atomic E-state index is -0.999. The number of nitrogens with two attached hydrogens (primary N) is 1. The highest BCUT2D eigenvalue weighted by molar-refractivity contribution is 7.99. The van der Waals surface area contributed by atoms with Crippen LogP contribution in [0.25, 0.3) is 0 Å². The molecule has 0 radical (unpaired) electrons. The lowest BCUT2D eigenvalue weighted by Crippen LogP contribution is -2.31. The molecule has 1 unspecified atom stereocenters. The summed E-state index contributed by atoms with van der Waals surface area (Å²) in [6, 6.07) is 1.15. The van der Waals surface area contributed by atoms with E-state index in [1.807, 2.05) is 16.8 Å². The van der Waals surface area contributed by atoms with Gasteiger partial charge in [0.05, 0.1) is 5.75 Å². The number of carboxylic acid groups (broad SMARTS) is 1. The van der Waals surface area contributed by atoms with Gasteiger partial charge in [-0.15, -0.1) is 0 Å². The summed E-state index contributed by atoms with van der Waals surface area (Å²) in [7, 11) is 1.77. The first-order valence-electron chi connectivity index (χ1n) is 5.82. The molecule has 0 aliphatic rings. The fourth-order valence-corrected chi connectivity index (χ4v) is 2.97. The highest BCUT2D eigenvalue weighted by atomic mass is 32.2. The molecular formula is C12H18N2O3S2. The van der Waals surface area contributed by atoms with E-state index in [1.54, 1.807) is 23.3 Å². The van der Waals surface area contributed by atoms with Gasteiger partial charge in [-0.25, -0.2) is 0 Å². The van der Waals surface area contributed by atoms with Crippen molar-refractivity contribution in [3.05, 3.63) is 22.4 Å². The van der Waals surface area contributed by atoms with Crippen LogP contribution in [0.1, 0.15) is 12.0 Å². The lowest BCUT2D eigenvalue weighted by atomic mass is 10.2. The summed E-state index contributed by atoms with van der Waals surface area (Å²) >= 11 is 3.02. The molecule has 19 heavy (non-hydrogen) atoms. The largest absolute Gasteiger partial charge is 0.480 e. The van der Waals surface area contributed by atoms with Gasteiger partial charge in [-0.2, -0.15) is 23.1 Å². The minimum Gasteiger partial charge on any atom is -0.480 e. The Bertz CT molecular complexity index is 409. The molecule has 1 atom stereocenters. The van der Waals surface area contributed by atoms with E-state index >= 15 is 0 Å². The van der Waals surface area contributed by atoms with Crippen molar-refractivity contribution in [1.29, 1.82) is 0 Å². The van der Waals surface area contributed by atoms with Gasteiger partial charge >= 0.3 is 5.97 Å². The van der Waals surface area contributed by atoms with E-state index in [2.05, 4.69) is 0 Å². The van der Waals surface area contributed by atoms with Crippen LogP contribution in [0.3, 0.4) is 0 Å². The normalized spacial score (nSPS) is 12.1. The van der Waals surface area contributed by atoms with E-state index in [9.17, 15) is 9.59 Å². The van der Waals surface area contributed by atoms with Crippen LogP contribution in [0, 0.1) is 0 Å². The Morgan fingerprint density at radius 2 is 2.32 bits per heavy atom. The van der Waals surface area contributed by atoms with Gasteiger partial charge in [0.25, 0.3) is 0 Å². The molecule has 1 aromatic heterocycles. The third kappa shape index (κ3) is 6.09. The second-order valence-electron chi connectivity index (χ2n) is 4.17. The molecule has 0 aliphatic carbocycles. The summed E-state index contributed by atoms with van der Waals surface area (Å²) in [5, 5.41) is 12.6. The van der Waals surface area contributed by atoms with Gasteiger partial charge < -0.3 is 15.7 Å². The third-order valence-corrected chi connectivity index (χ3v) is 4.25. The van der Waals surface area contributed by atoms with Crippen LogP contribution in [0.4, 0.5) is 0 Å². The average Bonchev–Trinajstić information content (AvgIpc) is 2.86. The van der Waals surface area contributed by atoms with E-state index < -0.39 is 12.0 Å². The zero-order valence-corrected chi connectivity index (χ0v) is 12.4. The minimum absolute atomic E-state index is 0.0418. The molecule has 0 bridgehead atoms. The molecule has 7 heteroatoms. The van der Waals surface area contributed by atoms with Crippen molar-refractivity contribution < 1.29 is 14.7 Å². The number of hydrogen-bond donors (Lipinski definition) is 2. The fraction of sp³-hybridized carbons (Fsp3) is 0.500. The first-order chi connectivity index (χ1) is 9.00. The van der Waals surface area contributed by atoms with Crippen molar-refractivity contribution in [2.24, 2.45) is 5.73 Å². The molecule has 0 spiro atoms. The maximum Gasteiger partial charge on any atom is 0.320 e. The van der Waals surface area contributed by atoms with Gasteiger partial charge in [0.1, 0.15) is 6.04 Å². The molecule has 106 valence electrons. The topological polar surface area (TPSA) is 83.6 Å². The zero-order chi connectivity index (χ0) is 14.3. The Morgan fingerprint density at radius 1 is 1.58 bits per heavy atom. The quantitative estimate of drug-likeness (QED) is 0.706. The van der Waals surface area contributed by atoms with Crippen molar-refractivity contribution >= 4 is 35.0 Å². The van der Waals surface area contributed by atoms with E-state index in [1.165, 1.54) is 11.8 Å². The Balaban J connectivity index is 2.18. The number of rotatable bonds is 8. The summed E-state index contributed by atoms with van der Waals surface area (Å²) in [5.74, 6) is -0.0278. The summed E-state index contributed by atoms with van der Waals surface area (Å²) in [6.45, 7) is 0.609. The molecule has 0 fully saturated rings. The lowest BCUT2D eigenvalue weighted by molar-refractivity contribution is -0.138.